The summed E-state index contributed by atoms with van der Waals surface area (Å²) in [5, 5.41) is 18.5. The van der Waals surface area contributed by atoms with Crippen LogP contribution in [0.1, 0.15) is 23.3 Å². The van der Waals surface area contributed by atoms with Crippen LogP contribution in [0.5, 0.6) is 0 Å². The minimum Gasteiger partial charge on any atom is -0.391 e. The standard InChI is InChI=1S/C17H20N4O4S2/c1-27(24,25)14-6-4-12(5-7-14)15(20-21-8-2-3-9-21)16(23)19-17-18-10-13(11-22)26-17/h4-7,10,22H,2-3,8-9,11H2,1H3,(H,18,19,23). The molecule has 27 heavy (non-hydrogen) atoms. The zero-order chi connectivity index (χ0) is 19.4. The van der Waals surface area contributed by atoms with Gasteiger partial charge in [-0.05, 0) is 25.0 Å². The van der Waals surface area contributed by atoms with Crippen LogP contribution in [0.2, 0.25) is 0 Å². The zero-order valence-corrected chi connectivity index (χ0v) is 16.4. The van der Waals surface area contributed by atoms with Gasteiger partial charge in [0.1, 0.15) is 0 Å². The van der Waals surface area contributed by atoms with Gasteiger partial charge in [-0.15, -0.1) is 0 Å². The average Bonchev–Trinajstić information content (AvgIpc) is 3.30. The second kappa shape index (κ2) is 8.15. The summed E-state index contributed by atoms with van der Waals surface area (Å²) >= 11 is 1.18. The smallest absolute Gasteiger partial charge is 0.278 e. The third-order valence-electron chi connectivity index (χ3n) is 4.02. The van der Waals surface area contributed by atoms with E-state index < -0.39 is 15.7 Å². The number of aliphatic hydroxyl groups is 1. The van der Waals surface area contributed by atoms with E-state index in [9.17, 15) is 13.2 Å². The van der Waals surface area contributed by atoms with Gasteiger partial charge < -0.3 is 5.11 Å². The second-order valence-electron chi connectivity index (χ2n) is 6.15. The summed E-state index contributed by atoms with van der Waals surface area (Å²) in [6.07, 6.45) is 4.66. The molecule has 0 aliphatic carbocycles. The van der Waals surface area contributed by atoms with Gasteiger partial charge in [0.15, 0.2) is 20.7 Å². The van der Waals surface area contributed by atoms with Gasteiger partial charge in [0.2, 0.25) is 0 Å². The molecule has 1 aliphatic rings. The molecule has 10 heteroatoms. The summed E-state index contributed by atoms with van der Waals surface area (Å²) in [4.78, 5) is 17.7. The highest BCUT2D eigenvalue weighted by atomic mass is 32.2. The minimum atomic E-state index is -3.32. The molecular formula is C17H20N4O4S2. The number of anilines is 1. The predicted octanol–water partition coefficient (Wildman–Crippen LogP) is 1.48. The molecule has 0 saturated carbocycles. The molecule has 2 N–H and O–H groups in total. The number of nitrogens with one attached hydrogen (secondary N) is 1. The Morgan fingerprint density at radius 1 is 1.30 bits per heavy atom. The lowest BCUT2D eigenvalue weighted by Crippen LogP contribution is -2.27. The lowest BCUT2D eigenvalue weighted by atomic mass is 10.1. The van der Waals surface area contributed by atoms with E-state index in [-0.39, 0.29) is 17.2 Å². The monoisotopic (exact) mass is 408 g/mol. The van der Waals surface area contributed by atoms with E-state index >= 15 is 0 Å². The molecular weight excluding hydrogens is 388 g/mol. The average molecular weight is 409 g/mol. The maximum absolute atomic E-state index is 12.8. The van der Waals surface area contributed by atoms with Gasteiger partial charge in [0.25, 0.3) is 5.91 Å². The van der Waals surface area contributed by atoms with Crippen LogP contribution in [0.3, 0.4) is 0 Å². The van der Waals surface area contributed by atoms with E-state index in [0.29, 0.717) is 15.6 Å². The van der Waals surface area contributed by atoms with Crippen molar-refractivity contribution < 1.29 is 18.3 Å². The van der Waals surface area contributed by atoms with E-state index in [1.807, 2.05) is 5.01 Å². The molecule has 144 valence electrons. The van der Waals surface area contributed by atoms with Gasteiger partial charge >= 0.3 is 0 Å². The van der Waals surface area contributed by atoms with Crippen molar-refractivity contribution in [3.63, 3.8) is 0 Å². The Hall–Kier alpha value is -2.30. The van der Waals surface area contributed by atoms with Crippen LogP contribution in [0.15, 0.2) is 40.5 Å². The van der Waals surface area contributed by atoms with E-state index in [2.05, 4.69) is 15.4 Å². The van der Waals surface area contributed by atoms with E-state index in [1.54, 1.807) is 12.1 Å². The molecule has 2 aromatic rings. The number of hydrazone groups is 1. The number of hydrogen-bond acceptors (Lipinski definition) is 8. The number of amides is 1. The second-order valence-corrected chi connectivity index (χ2v) is 9.28. The molecule has 1 amide bonds. The van der Waals surface area contributed by atoms with Gasteiger partial charge in [-0.1, -0.05) is 23.5 Å². The minimum absolute atomic E-state index is 0.144. The first-order valence-corrected chi connectivity index (χ1v) is 11.1. The SMILES string of the molecule is CS(=O)(=O)c1ccc(C(=NN2CCCC2)C(=O)Nc2ncc(CO)s2)cc1. The molecule has 1 aromatic heterocycles. The van der Waals surface area contributed by atoms with Gasteiger partial charge in [0.05, 0.1) is 16.4 Å². The number of nitrogens with zero attached hydrogens (tertiary/aromatic N) is 3. The Morgan fingerprint density at radius 3 is 2.52 bits per heavy atom. The number of rotatable bonds is 6. The van der Waals surface area contributed by atoms with Gasteiger partial charge in [0, 0.05) is 31.1 Å². The predicted molar refractivity (Wildman–Crippen MR) is 104 cm³/mol. The van der Waals surface area contributed by atoms with Gasteiger partial charge in [-0.2, -0.15) is 5.10 Å². The third kappa shape index (κ3) is 4.90. The molecule has 0 radical (unpaired) electrons. The van der Waals surface area contributed by atoms with Crippen molar-refractivity contribution >= 4 is 37.9 Å². The highest BCUT2D eigenvalue weighted by Crippen LogP contribution is 2.19. The Balaban J connectivity index is 1.89. The largest absolute Gasteiger partial charge is 0.391 e. The van der Waals surface area contributed by atoms with Crippen LogP contribution >= 0.6 is 11.3 Å². The van der Waals surface area contributed by atoms with Crippen molar-refractivity contribution in [3.8, 4) is 0 Å². The Morgan fingerprint density at radius 2 is 1.96 bits per heavy atom. The lowest BCUT2D eigenvalue weighted by molar-refractivity contribution is -0.110. The van der Waals surface area contributed by atoms with Crippen molar-refractivity contribution in [2.24, 2.45) is 5.10 Å². The van der Waals surface area contributed by atoms with E-state index in [1.165, 1.54) is 29.7 Å². The maximum Gasteiger partial charge on any atom is 0.278 e. The number of thiazole rings is 1. The highest BCUT2D eigenvalue weighted by Gasteiger charge is 2.20. The summed E-state index contributed by atoms with van der Waals surface area (Å²) in [7, 11) is -3.32. The van der Waals surface area contributed by atoms with Crippen molar-refractivity contribution in [2.45, 2.75) is 24.3 Å². The van der Waals surface area contributed by atoms with Crippen molar-refractivity contribution in [3.05, 3.63) is 40.9 Å². The summed E-state index contributed by atoms with van der Waals surface area (Å²) in [5.74, 6) is -0.437. The normalized spacial score (nSPS) is 15.2. The number of carbonyl (C=O) groups excluding carboxylic acids is 1. The van der Waals surface area contributed by atoms with Crippen molar-refractivity contribution in [1.82, 2.24) is 9.99 Å². The fraction of sp³-hybridized carbons (Fsp3) is 0.353. The molecule has 1 aliphatic heterocycles. The van der Waals surface area contributed by atoms with E-state index in [0.717, 1.165) is 32.2 Å². The topological polar surface area (TPSA) is 112 Å². The zero-order valence-electron chi connectivity index (χ0n) is 14.8. The number of aromatic nitrogens is 1. The van der Waals surface area contributed by atoms with Gasteiger partial charge in [-0.3, -0.25) is 15.1 Å². The molecule has 3 rings (SSSR count). The summed E-state index contributed by atoms with van der Waals surface area (Å²) < 4.78 is 23.3. The summed E-state index contributed by atoms with van der Waals surface area (Å²) in [6, 6.07) is 6.08. The van der Waals surface area contributed by atoms with Crippen LogP contribution in [0, 0.1) is 0 Å². The number of sulfone groups is 1. The molecule has 1 aromatic carbocycles. The molecule has 0 unspecified atom stereocenters. The molecule has 0 spiro atoms. The van der Waals surface area contributed by atoms with Gasteiger partial charge in [-0.25, -0.2) is 13.4 Å². The van der Waals surface area contributed by atoms with Crippen molar-refractivity contribution in [2.75, 3.05) is 24.7 Å². The highest BCUT2D eigenvalue weighted by molar-refractivity contribution is 7.90. The molecule has 0 atom stereocenters. The number of benzene rings is 1. The quantitative estimate of drug-likeness (QED) is 0.700. The van der Waals surface area contributed by atoms with Crippen LogP contribution in [-0.4, -0.2) is 54.5 Å². The summed E-state index contributed by atoms with van der Waals surface area (Å²) in [6.45, 7) is 1.39. The Labute approximate surface area is 161 Å². The first-order chi connectivity index (χ1) is 12.9. The molecule has 8 nitrogen and oxygen atoms in total. The fourth-order valence-corrected chi connectivity index (χ4v) is 3.93. The molecule has 1 fully saturated rings. The van der Waals surface area contributed by atoms with Crippen LogP contribution in [-0.2, 0) is 21.2 Å². The first-order valence-electron chi connectivity index (χ1n) is 8.38. The van der Waals surface area contributed by atoms with Crippen LogP contribution in [0.4, 0.5) is 5.13 Å². The third-order valence-corrected chi connectivity index (χ3v) is 6.05. The van der Waals surface area contributed by atoms with Crippen LogP contribution < -0.4 is 5.32 Å². The number of carbonyl (C=O) groups is 1. The number of aliphatic hydroxyl groups excluding tert-OH is 1. The molecule has 1 saturated heterocycles. The fourth-order valence-electron chi connectivity index (χ4n) is 2.63. The number of hydrogen-bond donors (Lipinski definition) is 2. The maximum atomic E-state index is 12.8. The lowest BCUT2D eigenvalue weighted by Gasteiger charge is -2.14. The summed E-state index contributed by atoms with van der Waals surface area (Å²) in [5.41, 5.74) is 0.712. The Bertz CT molecular complexity index is 946. The van der Waals surface area contributed by atoms with Crippen molar-refractivity contribution in [1.29, 1.82) is 0 Å². The Kier molecular flexibility index (Phi) is 5.88. The molecule has 2 heterocycles. The van der Waals surface area contributed by atoms with Crippen LogP contribution in [0.25, 0.3) is 0 Å². The first kappa shape index (κ1) is 19.5. The molecule has 0 bridgehead atoms. The van der Waals surface area contributed by atoms with E-state index in [4.69, 9.17) is 5.11 Å².